The molecule has 0 aliphatic carbocycles. The van der Waals surface area contributed by atoms with E-state index in [1.165, 1.54) is 5.56 Å². The number of hydrogen-bond donors (Lipinski definition) is 0. The monoisotopic (exact) mass is 361 g/mol. The molecule has 1 aromatic rings. The first-order valence-electron chi connectivity index (χ1n) is 9.82. The standard InChI is InChI=1S/C19H31N5O2/c1-15-16(12-22(3)20-15)13-23-8-4-17(5-9-23)24-18(25)21(2)14-19(24)6-10-26-11-7-19/h12,17H,4-11,13-14H2,1-3H3. The minimum Gasteiger partial charge on any atom is -0.381 e. The highest BCUT2D eigenvalue weighted by Gasteiger charge is 2.51. The molecule has 3 aliphatic rings. The molecule has 7 heteroatoms. The van der Waals surface area contributed by atoms with Gasteiger partial charge >= 0.3 is 6.03 Å². The molecule has 0 unspecified atom stereocenters. The predicted octanol–water partition coefficient (Wildman–Crippen LogP) is 1.61. The Morgan fingerprint density at radius 3 is 2.54 bits per heavy atom. The van der Waals surface area contributed by atoms with Crippen LogP contribution in [-0.4, -0.2) is 82.0 Å². The zero-order valence-electron chi connectivity index (χ0n) is 16.3. The Kier molecular flexibility index (Phi) is 4.69. The van der Waals surface area contributed by atoms with Gasteiger partial charge in [-0.3, -0.25) is 9.58 Å². The van der Waals surface area contributed by atoms with Crippen molar-refractivity contribution >= 4 is 6.03 Å². The van der Waals surface area contributed by atoms with Crippen molar-refractivity contribution in [1.82, 2.24) is 24.5 Å². The van der Waals surface area contributed by atoms with Crippen LogP contribution in [0.15, 0.2) is 6.20 Å². The third-order valence-electron chi connectivity index (χ3n) is 6.43. The van der Waals surface area contributed by atoms with E-state index in [0.717, 1.165) is 70.8 Å². The summed E-state index contributed by atoms with van der Waals surface area (Å²) in [5.74, 6) is 0. The lowest BCUT2D eigenvalue weighted by Crippen LogP contribution is -2.57. The van der Waals surface area contributed by atoms with E-state index < -0.39 is 0 Å². The molecule has 0 atom stereocenters. The number of urea groups is 1. The maximum Gasteiger partial charge on any atom is 0.320 e. The Morgan fingerprint density at radius 1 is 1.23 bits per heavy atom. The number of hydrogen-bond acceptors (Lipinski definition) is 4. The third kappa shape index (κ3) is 3.11. The number of nitrogens with zero attached hydrogens (tertiary/aromatic N) is 5. The minimum absolute atomic E-state index is 0.00312. The van der Waals surface area contributed by atoms with Crippen LogP contribution in [0, 0.1) is 6.92 Å². The second-order valence-electron chi connectivity index (χ2n) is 8.27. The number of carbonyl (C=O) groups excluding carboxylic acids is 1. The Morgan fingerprint density at radius 2 is 1.92 bits per heavy atom. The van der Waals surface area contributed by atoms with Crippen LogP contribution in [0.2, 0.25) is 0 Å². The summed E-state index contributed by atoms with van der Waals surface area (Å²) in [5.41, 5.74) is 2.42. The lowest BCUT2D eigenvalue weighted by atomic mass is 9.86. The largest absolute Gasteiger partial charge is 0.381 e. The molecular weight excluding hydrogens is 330 g/mol. The van der Waals surface area contributed by atoms with Gasteiger partial charge < -0.3 is 14.5 Å². The number of amides is 2. The highest BCUT2D eigenvalue weighted by molar-refractivity contribution is 5.78. The van der Waals surface area contributed by atoms with Crippen LogP contribution >= 0.6 is 0 Å². The lowest BCUT2D eigenvalue weighted by Gasteiger charge is -2.46. The Labute approximate surface area is 155 Å². The van der Waals surface area contributed by atoms with Crippen molar-refractivity contribution < 1.29 is 9.53 Å². The lowest BCUT2D eigenvalue weighted by molar-refractivity contribution is -0.0165. The number of likely N-dealkylation sites (tertiary alicyclic amines) is 1. The number of rotatable bonds is 3. The summed E-state index contributed by atoms with van der Waals surface area (Å²) < 4.78 is 7.48. The Hall–Kier alpha value is -1.60. The fourth-order valence-corrected chi connectivity index (χ4v) is 5.05. The van der Waals surface area contributed by atoms with Crippen molar-refractivity contribution in [1.29, 1.82) is 0 Å². The van der Waals surface area contributed by atoms with Gasteiger partial charge in [0.2, 0.25) is 0 Å². The van der Waals surface area contributed by atoms with Gasteiger partial charge in [0.1, 0.15) is 0 Å². The van der Waals surface area contributed by atoms with E-state index in [2.05, 4.69) is 28.0 Å². The van der Waals surface area contributed by atoms with Crippen LogP contribution in [0.4, 0.5) is 4.79 Å². The molecular formula is C19H31N5O2. The minimum atomic E-state index is -0.00312. The summed E-state index contributed by atoms with van der Waals surface area (Å²) >= 11 is 0. The van der Waals surface area contributed by atoms with Crippen molar-refractivity contribution in [2.45, 2.75) is 50.7 Å². The SMILES string of the molecule is Cc1nn(C)cc1CN1CCC(N2C(=O)N(C)CC23CCOCC3)CC1. The quantitative estimate of drug-likeness (QED) is 0.821. The fraction of sp³-hybridized carbons (Fsp3) is 0.789. The van der Waals surface area contributed by atoms with E-state index in [9.17, 15) is 4.79 Å². The highest BCUT2D eigenvalue weighted by Crippen LogP contribution is 2.38. The summed E-state index contributed by atoms with van der Waals surface area (Å²) in [6, 6.07) is 0.574. The van der Waals surface area contributed by atoms with Gasteiger partial charge in [0.05, 0.1) is 11.2 Å². The van der Waals surface area contributed by atoms with Gasteiger partial charge in [-0.1, -0.05) is 0 Å². The first-order valence-corrected chi connectivity index (χ1v) is 9.82. The highest BCUT2D eigenvalue weighted by atomic mass is 16.5. The van der Waals surface area contributed by atoms with Gasteiger partial charge in [-0.25, -0.2) is 4.79 Å². The summed E-state index contributed by atoms with van der Waals surface area (Å²) in [4.78, 5) is 19.5. The van der Waals surface area contributed by atoms with Gasteiger partial charge in [0.25, 0.3) is 0 Å². The number of aromatic nitrogens is 2. The van der Waals surface area contributed by atoms with Gasteiger partial charge in [-0.15, -0.1) is 0 Å². The molecule has 3 aliphatic heterocycles. The number of aryl methyl sites for hydroxylation is 2. The molecule has 4 heterocycles. The molecule has 0 saturated carbocycles. The second kappa shape index (κ2) is 6.85. The van der Waals surface area contributed by atoms with Crippen LogP contribution in [0.1, 0.15) is 36.9 Å². The van der Waals surface area contributed by atoms with Crippen LogP contribution in [0.3, 0.4) is 0 Å². The van der Waals surface area contributed by atoms with Gasteiger partial charge in [-0.05, 0) is 32.6 Å². The van der Waals surface area contributed by atoms with Crippen molar-refractivity contribution in [3.05, 3.63) is 17.5 Å². The molecule has 26 heavy (non-hydrogen) atoms. The average Bonchev–Trinajstić information content (AvgIpc) is 3.05. The topological polar surface area (TPSA) is 53.8 Å². The van der Waals surface area contributed by atoms with E-state index in [1.807, 2.05) is 23.7 Å². The molecule has 0 N–H and O–H groups in total. The number of piperidine rings is 1. The van der Waals surface area contributed by atoms with Gasteiger partial charge in [0, 0.05) is 71.3 Å². The number of carbonyl (C=O) groups is 1. The molecule has 1 aromatic heterocycles. The van der Waals surface area contributed by atoms with Crippen molar-refractivity contribution in [2.75, 3.05) is 39.9 Å². The normalized spacial score (nSPS) is 24.8. The summed E-state index contributed by atoms with van der Waals surface area (Å²) in [6.07, 6.45) is 6.18. The maximum absolute atomic E-state index is 12.9. The molecule has 3 fully saturated rings. The predicted molar refractivity (Wildman–Crippen MR) is 98.9 cm³/mol. The summed E-state index contributed by atoms with van der Waals surface area (Å²) in [7, 11) is 3.92. The number of ether oxygens (including phenoxy) is 1. The zero-order chi connectivity index (χ0) is 18.3. The first-order chi connectivity index (χ1) is 12.5. The van der Waals surface area contributed by atoms with Crippen LogP contribution < -0.4 is 0 Å². The molecule has 144 valence electrons. The smallest absolute Gasteiger partial charge is 0.320 e. The van der Waals surface area contributed by atoms with Crippen LogP contribution in [-0.2, 0) is 18.3 Å². The van der Waals surface area contributed by atoms with Crippen LogP contribution in [0.25, 0.3) is 0 Å². The Bertz CT molecular complexity index is 659. The van der Waals surface area contributed by atoms with Gasteiger partial charge in [0.15, 0.2) is 0 Å². The van der Waals surface area contributed by atoms with Crippen molar-refractivity contribution in [3.63, 3.8) is 0 Å². The summed E-state index contributed by atoms with van der Waals surface area (Å²) in [6.45, 7) is 7.52. The van der Waals surface area contributed by atoms with Crippen molar-refractivity contribution in [3.8, 4) is 0 Å². The Balaban J connectivity index is 1.41. The van der Waals surface area contributed by atoms with Gasteiger partial charge in [-0.2, -0.15) is 5.10 Å². The van der Waals surface area contributed by atoms with Crippen molar-refractivity contribution in [2.24, 2.45) is 7.05 Å². The van der Waals surface area contributed by atoms with E-state index in [0.29, 0.717) is 6.04 Å². The molecule has 1 spiro atoms. The molecule has 2 amide bonds. The third-order valence-corrected chi connectivity index (χ3v) is 6.43. The summed E-state index contributed by atoms with van der Waals surface area (Å²) in [5, 5.41) is 4.45. The molecule has 7 nitrogen and oxygen atoms in total. The number of likely N-dealkylation sites (N-methyl/N-ethyl adjacent to an activating group) is 1. The maximum atomic E-state index is 12.9. The average molecular weight is 361 g/mol. The zero-order valence-corrected chi connectivity index (χ0v) is 16.3. The molecule has 0 bridgehead atoms. The van der Waals surface area contributed by atoms with E-state index in [1.54, 1.807) is 0 Å². The molecule has 4 rings (SSSR count). The fourth-order valence-electron chi connectivity index (χ4n) is 5.05. The van der Waals surface area contributed by atoms with E-state index in [4.69, 9.17) is 4.74 Å². The van der Waals surface area contributed by atoms with E-state index in [-0.39, 0.29) is 11.6 Å². The second-order valence-corrected chi connectivity index (χ2v) is 8.27. The van der Waals surface area contributed by atoms with Crippen LogP contribution in [0.5, 0.6) is 0 Å². The molecule has 3 saturated heterocycles. The first kappa shape index (κ1) is 17.8. The molecule has 0 radical (unpaired) electrons. The van der Waals surface area contributed by atoms with E-state index >= 15 is 0 Å². The molecule has 0 aromatic carbocycles.